The summed E-state index contributed by atoms with van der Waals surface area (Å²) in [4.78, 5) is 13.2. The maximum Gasteiger partial charge on any atom is 0.196 e. The van der Waals surface area contributed by atoms with E-state index in [1.165, 1.54) is 0 Å². The Balaban J connectivity index is 1.89. The Hall–Kier alpha value is -3.04. The number of fused-ring (bicyclic) bond motifs is 1. The van der Waals surface area contributed by atoms with E-state index in [0.29, 0.717) is 27.3 Å². The summed E-state index contributed by atoms with van der Waals surface area (Å²) < 4.78 is 6.39. The third kappa shape index (κ3) is 3.73. The lowest BCUT2D eigenvalue weighted by Gasteiger charge is -2.20. The van der Waals surface area contributed by atoms with E-state index >= 15 is 0 Å². The molecule has 0 aliphatic rings. The molecule has 4 heteroatoms. The molecule has 1 unspecified atom stereocenters. The van der Waals surface area contributed by atoms with Gasteiger partial charge in [0.25, 0.3) is 0 Å². The fourth-order valence-electron chi connectivity index (χ4n) is 3.85. The minimum atomic E-state index is -0.0678. The Bertz CT molecular complexity index is 1290. The number of aryl methyl sites for hydroxylation is 2. The van der Waals surface area contributed by atoms with Crippen molar-refractivity contribution in [2.75, 3.05) is 5.32 Å². The first-order valence-electron chi connectivity index (χ1n) is 10.0. The normalized spacial score (nSPS) is 12.2. The highest BCUT2D eigenvalue weighted by molar-refractivity contribution is 6.30. The van der Waals surface area contributed by atoms with E-state index in [1.807, 2.05) is 75.4 Å². The first-order valence-corrected chi connectivity index (χ1v) is 10.4. The van der Waals surface area contributed by atoms with Crippen LogP contribution in [0.3, 0.4) is 0 Å². The second-order valence-electron chi connectivity index (χ2n) is 7.81. The summed E-state index contributed by atoms with van der Waals surface area (Å²) in [7, 11) is 0. The van der Waals surface area contributed by atoms with Crippen molar-refractivity contribution in [3.05, 3.63) is 98.2 Å². The van der Waals surface area contributed by atoms with Gasteiger partial charge in [-0.15, -0.1) is 0 Å². The van der Waals surface area contributed by atoms with Gasteiger partial charge in [-0.3, -0.25) is 4.79 Å². The fraction of sp³-hybridized carbons (Fsp3) is 0.192. The molecule has 1 atom stereocenters. The van der Waals surface area contributed by atoms with Crippen molar-refractivity contribution in [3.63, 3.8) is 0 Å². The molecule has 0 bridgehead atoms. The molecular formula is C26H24ClNO2. The number of rotatable bonds is 4. The number of benzene rings is 3. The third-order valence-corrected chi connectivity index (χ3v) is 5.69. The molecule has 0 aliphatic carbocycles. The molecule has 1 heterocycles. The molecular weight excluding hydrogens is 394 g/mol. The zero-order valence-electron chi connectivity index (χ0n) is 17.5. The van der Waals surface area contributed by atoms with Gasteiger partial charge >= 0.3 is 0 Å². The summed E-state index contributed by atoms with van der Waals surface area (Å²) in [5, 5.41) is 4.87. The van der Waals surface area contributed by atoms with Crippen molar-refractivity contribution >= 4 is 28.3 Å². The Labute approximate surface area is 181 Å². The van der Waals surface area contributed by atoms with E-state index in [-0.39, 0.29) is 11.5 Å². The topological polar surface area (TPSA) is 42.2 Å². The van der Waals surface area contributed by atoms with Crippen molar-refractivity contribution in [3.8, 4) is 11.3 Å². The fourth-order valence-corrected chi connectivity index (χ4v) is 4.08. The van der Waals surface area contributed by atoms with Gasteiger partial charge in [-0.1, -0.05) is 48.0 Å². The zero-order valence-corrected chi connectivity index (χ0v) is 18.3. The van der Waals surface area contributed by atoms with Crippen molar-refractivity contribution in [1.82, 2.24) is 0 Å². The van der Waals surface area contributed by atoms with Gasteiger partial charge in [-0.25, -0.2) is 0 Å². The second-order valence-corrected chi connectivity index (χ2v) is 8.24. The molecule has 0 amide bonds. The van der Waals surface area contributed by atoms with Crippen LogP contribution in [-0.4, -0.2) is 0 Å². The maximum absolute atomic E-state index is 13.2. The van der Waals surface area contributed by atoms with Gasteiger partial charge in [0.15, 0.2) is 5.43 Å². The highest BCUT2D eigenvalue weighted by Gasteiger charge is 2.19. The van der Waals surface area contributed by atoms with Crippen LogP contribution in [0.2, 0.25) is 5.02 Å². The molecule has 4 aromatic rings. The maximum atomic E-state index is 13.2. The van der Waals surface area contributed by atoms with Crippen molar-refractivity contribution in [2.24, 2.45) is 0 Å². The zero-order chi connectivity index (χ0) is 21.4. The summed E-state index contributed by atoms with van der Waals surface area (Å²) in [6.45, 7) is 7.92. The average Bonchev–Trinajstić information content (AvgIpc) is 2.73. The number of hydrogen-bond donors (Lipinski definition) is 1. The van der Waals surface area contributed by atoms with Crippen LogP contribution in [0.15, 0.2) is 69.9 Å². The molecule has 0 saturated carbocycles. The molecule has 0 aliphatic heterocycles. The van der Waals surface area contributed by atoms with Crippen molar-refractivity contribution in [2.45, 2.75) is 33.7 Å². The van der Waals surface area contributed by atoms with Crippen LogP contribution >= 0.6 is 11.6 Å². The number of hydrogen-bond acceptors (Lipinski definition) is 3. The van der Waals surface area contributed by atoms with Crippen LogP contribution in [-0.2, 0) is 0 Å². The highest BCUT2D eigenvalue weighted by Crippen LogP contribution is 2.32. The van der Waals surface area contributed by atoms with E-state index < -0.39 is 0 Å². The van der Waals surface area contributed by atoms with E-state index in [2.05, 4.69) is 18.3 Å². The quantitative estimate of drug-likeness (QED) is 0.381. The van der Waals surface area contributed by atoms with E-state index in [0.717, 1.165) is 27.9 Å². The second kappa shape index (κ2) is 8.00. The lowest BCUT2D eigenvalue weighted by Crippen LogP contribution is -2.12. The molecule has 4 rings (SSSR count). The van der Waals surface area contributed by atoms with Crippen LogP contribution in [0.4, 0.5) is 5.69 Å². The molecule has 0 saturated heterocycles. The lowest BCUT2D eigenvalue weighted by atomic mass is 9.98. The predicted molar refractivity (Wildman–Crippen MR) is 126 cm³/mol. The summed E-state index contributed by atoms with van der Waals surface area (Å²) >= 11 is 6.10. The molecule has 3 nitrogen and oxygen atoms in total. The van der Waals surface area contributed by atoms with Gasteiger partial charge in [0.2, 0.25) is 0 Å². The van der Waals surface area contributed by atoms with Crippen LogP contribution in [0.25, 0.3) is 22.3 Å². The van der Waals surface area contributed by atoms with Gasteiger partial charge in [-0.05, 0) is 63.1 Å². The highest BCUT2D eigenvalue weighted by atomic mass is 35.5. The summed E-state index contributed by atoms with van der Waals surface area (Å²) in [5.41, 5.74) is 6.20. The SMILES string of the molecule is Cc1cc(C(C)Nc2ccc(Cl)cc2C)c2oc(-c3ccccc3)c(C)c(=O)c2c1. The van der Waals surface area contributed by atoms with Gasteiger partial charge < -0.3 is 9.73 Å². The molecule has 1 aromatic heterocycles. The smallest absolute Gasteiger partial charge is 0.196 e. The predicted octanol–water partition coefficient (Wildman–Crippen LogP) is 7.21. The number of nitrogens with one attached hydrogen (secondary N) is 1. The molecule has 0 radical (unpaired) electrons. The summed E-state index contributed by atoms with van der Waals surface area (Å²) in [6, 6.07) is 19.5. The van der Waals surface area contributed by atoms with E-state index in [1.54, 1.807) is 0 Å². The van der Waals surface area contributed by atoms with Crippen LogP contribution in [0.5, 0.6) is 0 Å². The molecule has 0 fully saturated rings. The largest absolute Gasteiger partial charge is 0.455 e. The molecule has 152 valence electrons. The number of anilines is 1. The Kier molecular flexibility index (Phi) is 5.40. The van der Waals surface area contributed by atoms with Crippen LogP contribution < -0.4 is 10.7 Å². The van der Waals surface area contributed by atoms with E-state index in [9.17, 15) is 4.79 Å². The van der Waals surface area contributed by atoms with Gasteiger partial charge in [-0.2, -0.15) is 0 Å². The average molecular weight is 418 g/mol. The molecule has 30 heavy (non-hydrogen) atoms. The third-order valence-electron chi connectivity index (χ3n) is 5.45. The first-order chi connectivity index (χ1) is 14.3. The van der Waals surface area contributed by atoms with Gasteiger partial charge in [0.1, 0.15) is 11.3 Å². The molecule has 0 spiro atoms. The monoisotopic (exact) mass is 417 g/mol. The Morgan fingerprint density at radius 3 is 2.40 bits per heavy atom. The Morgan fingerprint density at radius 2 is 1.70 bits per heavy atom. The van der Waals surface area contributed by atoms with Gasteiger partial charge in [0.05, 0.1) is 11.4 Å². The van der Waals surface area contributed by atoms with Crippen LogP contribution in [0, 0.1) is 20.8 Å². The van der Waals surface area contributed by atoms with Crippen LogP contribution in [0.1, 0.15) is 35.2 Å². The Morgan fingerprint density at radius 1 is 0.967 bits per heavy atom. The van der Waals surface area contributed by atoms with E-state index in [4.69, 9.17) is 16.0 Å². The number of halogens is 1. The first kappa shape index (κ1) is 20.2. The minimum Gasteiger partial charge on any atom is -0.455 e. The minimum absolute atomic E-state index is 0.00919. The lowest BCUT2D eigenvalue weighted by molar-refractivity contribution is 0.605. The summed E-state index contributed by atoms with van der Waals surface area (Å²) in [5.74, 6) is 0.619. The molecule has 1 N–H and O–H groups in total. The summed E-state index contributed by atoms with van der Waals surface area (Å²) in [6.07, 6.45) is 0. The standard InChI is InChI=1S/C26H24ClNO2/c1-15-12-21(18(4)28-23-11-10-20(27)14-16(23)2)26-22(13-15)24(29)17(3)25(30-26)19-8-6-5-7-9-19/h5-14,18,28H,1-4H3. The van der Waals surface area contributed by atoms with Crippen molar-refractivity contribution < 1.29 is 4.42 Å². The van der Waals surface area contributed by atoms with Crippen molar-refractivity contribution in [1.29, 1.82) is 0 Å². The van der Waals surface area contributed by atoms with Gasteiger partial charge in [0, 0.05) is 27.4 Å². The molecule has 3 aromatic carbocycles.